The lowest BCUT2D eigenvalue weighted by Gasteiger charge is -2.03. The quantitative estimate of drug-likeness (QED) is 0.341. The third kappa shape index (κ3) is 8.84. The molecule has 0 aliphatic heterocycles. The predicted molar refractivity (Wildman–Crippen MR) is 69.5 cm³/mol. The number of rotatable bonds is 6. The molecule has 0 spiro atoms. The minimum Gasteiger partial charge on any atom is -0.115 e. The highest BCUT2D eigenvalue weighted by Gasteiger charge is 1.96. The van der Waals surface area contributed by atoms with Gasteiger partial charge in [0.25, 0.3) is 0 Å². The van der Waals surface area contributed by atoms with Crippen LogP contribution in [0.25, 0.3) is 0 Å². The summed E-state index contributed by atoms with van der Waals surface area (Å²) in [6, 6.07) is 0. The minimum absolute atomic E-state index is 0.438. The number of hydrogen-bond acceptors (Lipinski definition) is 0. The van der Waals surface area contributed by atoms with Crippen molar-refractivity contribution in [3.63, 3.8) is 0 Å². The second kappa shape index (κ2) is 10.6. The van der Waals surface area contributed by atoms with E-state index in [4.69, 9.17) is 6.42 Å². The second-order valence-electron chi connectivity index (χ2n) is 3.25. The van der Waals surface area contributed by atoms with Crippen molar-refractivity contribution in [3.8, 4) is 12.3 Å². The van der Waals surface area contributed by atoms with Crippen LogP contribution in [0.1, 0.15) is 26.7 Å². The Morgan fingerprint density at radius 3 is 2.53 bits per heavy atom. The Kier molecular flexibility index (Phi) is 9.55. The first-order chi connectivity index (χ1) is 7.35. The first-order valence-electron chi connectivity index (χ1n) is 5.38. The van der Waals surface area contributed by atoms with Crippen molar-refractivity contribution in [2.24, 2.45) is 5.92 Å². The second-order valence-corrected chi connectivity index (χ2v) is 3.25. The number of allylic oxidation sites excluding steroid dienone is 8. The molecule has 0 aliphatic rings. The molecule has 0 fully saturated rings. The van der Waals surface area contributed by atoms with Crippen molar-refractivity contribution in [2.75, 3.05) is 0 Å². The van der Waals surface area contributed by atoms with E-state index in [1.54, 1.807) is 6.08 Å². The van der Waals surface area contributed by atoms with Crippen LogP contribution >= 0.6 is 0 Å². The Balaban J connectivity index is 4.18. The van der Waals surface area contributed by atoms with E-state index in [-0.39, 0.29) is 0 Å². The molecule has 0 N–H and O–H groups in total. The smallest absolute Gasteiger partial charge is 0.00380 e. The molecule has 1 unspecified atom stereocenters. The molecule has 0 aromatic heterocycles. The SMILES string of the molecule is C#CC=CC(C=CC=CC)CCC=CC. The molecule has 0 saturated carbocycles. The zero-order valence-electron chi connectivity index (χ0n) is 9.69. The highest BCUT2D eigenvalue weighted by molar-refractivity contribution is 5.15. The van der Waals surface area contributed by atoms with Crippen molar-refractivity contribution >= 4 is 0 Å². The van der Waals surface area contributed by atoms with Gasteiger partial charge in [0.05, 0.1) is 0 Å². The molecule has 15 heavy (non-hydrogen) atoms. The van der Waals surface area contributed by atoms with Gasteiger partial charge in [-0.05, 0) is 38.7 Å². The first-order valence-corrected chi connectivity index (χ1v) is 5.38. The van der Waals surface area contributed by atoms with Gasteiger partial charge in [-0.15, -0.1) is 6.42 Å². The highest BCUT2D eigenvalue weighted by atomic mass is 14.0. The third-order valence-electron chi connectivity index (χ3n) is 2.00. The Morgan fingerprint density at radius 2 is 1.93 bits per heavy atom. The Bertz CT molecular complexity index is 282. The Labute approximate surface area is 94.1 Å². The molecule has 0 heterocycles. The van der Waals surface area contributed by atoms with Crippen LogP contribution in [0.15, 0.2) is 48.6 Å². The van der Waals surface area contributed by atoms with Gasteiger partial charge in [-0.1, -0.05) is 48.5 Å². The zero-order valence-corrected chi connectivity index (χ0v) is 9.69. The number of hydrogen-bond donors (Lipinski definition) is 0. The molecule has 0 rings (SSSR count). The zero-order chi connectivity index (χ0) is 11.4. The van der Waals surface area contributed by atoms with Crippen LogP contribution in [-0.4, -0.2) is 0 Å². The molecule has 0 bridgehead atoms. The maximum absolute atomic E-state index is 5.20. The largest absolute Gasteiger partial charge is 0.115 e. The summed E-state index contributed by atoms with van der Waals surface area (Å²) in [6.45, 7) is 4.05. The van der Waals surface area contributed by atoms with Gasteiger partial charge >= 0.3 is 0 Å². The first kappa shape index (κ1) is 13.5. The van der Waals surface area contributed by atoms with Crippen LogP contribution < -0.4 is 0 Å². The highest BCUT2D eigenvalue weighted by Crippen LogP contribution is 2.11. The molecule has 0 radical (unpaired) electrons. The van der Waals surface area contributed by atoms with E-state index >= 15 is 0 Å². The van der Waals surface area contributed by atoms with Gasteiger partial charge in [-0.3, -0.25) is 0 Å². The maximum atomic E-state index is 5.20. The van der Waals surface area contributed by atoms with E-state index in [0.29, 0.717) is 5.92 Å². The number of terminal acetylenes is 1. The fourth-order valence-electron chi connectivity index (χ4n) is 1.21. The van der Waals surface area contributed by atoms with E-state index in [2.05, 4.69) is 36.3 Å². The lowest BCUT2D eigenvalue weighted by molar-refractivity contribution is 0.722. The molecule has 0 aromatic rings. The average molecular weight is 200 g/mol. The minimum atomic E-state index is 0.438. The van der Waals surface area contributed by atoms with Crippen LogP contribution in [0.2, 0.25) is 0 Å². The molecule has 0 aromatic carbocycles. The average Bonchev–Trinajstić information content (AvgIpc) is 2.25. The molecule has 0 amide bonds. The molecule has 0 nitrogen and oxygen atoms in total. The van der Waals surface area contributed by atoms with Crippen LogP contribution in [0.5, 0.6) is 0 Å². The fraction of sp³-hybridized carbons (Fsp3) is 0.333. The summed E-state index contributed by atoms with van der Waals surface area (Å²) in [5, 5.41) is 0. The molecule has 1 atom stereocenters. The maximum Gasteiger partial charge on any atom is -0.00380 e. The molecule has 0 aliphatic carbocycles. The van der Waals surface area contributed by atoms with Gasteiger partial charge in [0.2, 0.25) is 0 Å². The third-order valence-corrected chi connectivity index (χ3v) is 2.00. The lowest BCUT2D eigenvalue weighted by Crippen LogP contribution is -1.90. The van der Waals surface area contributed by atoms with Gasteiger partial charge in [0.15, 0.2) is 0 Å². The van der Waals surface area contributed by atoms with Gasteiger partial charge < -0.3 is 0 Å². The monoisotopic (exact) mass is 200 g/mol. The van der Waals surface area contributed by atoms with E-state index in [9.17, 15) is 0 Å². The van der Waals surface area contributed by atoms with Crippen LogP contribution in [0, 0.1) is 18.3 Å². The van der Waals surface area contributed by atoms with E-state index in [1.165, 1.54) is 0 Å². The summed E-state index contributed by atoms with van der Waals surface area (Å²) in [4.78, 5) is 0. The van der Waals surface area contributed by atoms with E-state index in [1.807, 2.05) is 26.0 Å². The summed E-state index contributed by atoms with van der Waals surface area (Å²) < 4.78 is 0. The molecule has 0 saturated heterocycles. The standard InChI is InChI=1S/C15H20/c1-4-7-10-13-15(12-9-6-3)14-11-8-5-2/h3-5,7-10,12-13,15H,11,14H2,1-2H3. The van der Waals surface area contributed by atoms with Crippen LogP contribution in [-0.2, 0) is 0 Å². The molecular weight excluding hydrogens is 180 g/mol. The van der Waals surface area contributed by atoms with Crippen LogP contribution in [0.3, 0.4) is 0 Å². The predicted octanol–water partition coefficient (Wildman–Crippen LogP) is 4.28. The summed E-state index contributed by atoms with van der Waals surface area (Å²) in [5.41, 5.74) is 0. The Morgan fingerprint density at radius 1 is 1.13 bits per heavy atom. The molecular formula is C15H20. The summed E-state index contributed by atoms with van der Waals surface area (Å²) in [7, 11) is 0. The Hall–Kier alpha value is -1.48. The van der Waals surface area contributed by atoms with E-state index in [0.717, 1.165) is 12.8 Å². The molecule has 80 valence electrons. The fourth-order valence-corrected chi connectivity index (χ4v) is 1.21. The van der Waals surface area contributed by atoms with Crippen molar-refractivity contribution in [1.82, 2.24) is 0 Å². The van der Waals surface area contributed by atoms with Crippen molar-refractivity contribution in [1.29, 1.82) is 0 Å². The summed E-state index contributed by atoms with van der Waals surface area (Å²) in [5.74, 6) is 2.97. The van der Waals surface area contributed by atoms with Crippen molar-refractivity contribution in [3.05, 3.63) is 48.6 Å². The van der Waals surface area contributed by atoms with Crippen molar-refractivity contribution in [2.45, 2.75) is 26.7 Å². The topological polar surface area (TPSA) is 0 Å². The van der Waals surface area contributed by atoms with Gasteiger partial charge in [0, 0.05) is 0 Å². The molecule has 0 heteroatoms. The summed E-state index contributed by atoms with van der Waals surface area (Å²) >= 11 is 0. The van der Waals surface area contributed by atoms with Crippen LogP contribution in [0.4, 0.5) is 0 Å². The normalized spacial score (nSPS) is 14.5. The van der Waals surface area contributed by atoms with E-state index < -0.39 is 0 Å². The van der Waals surface area contributed by atoms with Gasteiger partial charge in [-0.25, -0.2) is 0 Å². The van der Waals surface area contributed by atoms with Gasteiger partial charge in [0.1, 0.15) is 0 Å². The van der Waals surface area contributed by atoms with Gasteiger partial charge in [-0.2, -0.15) is 0 Å². The summed E-state index contributed by atoms with van der Waals surface area (Å²) in [6.07, 6.45) is 23.8. The lowest BCUT2D eigenvalue weighted by atomic mass is 10.0. The van der Waals surface area contributed by atoms with Crippen molar-refractivity contribution < 1.29 is 0 Å².